The van der Waals surface area contributed by atoms with Crippen LogP contribution in [-0.2, 0) is 0 Å². The molecule has 0 amide bonds. The molecule has 102 valence electrons. The van der Waals surface area contributed by atoms with Gasteiger partial charge in [0.1, 0.15) is 5.82 Å². The topological polar surface area (TPSA) is 65.7 Å². The first-order valence-electron chi connectivity index (χ1n) is 6.58. The van der Waals surface area contributed by atoms with Gasteiger partial charge in [0.25, 0.3) is 0 Å². The summed E-state index contributed by atoms with van der Waals surface area (Å²) in [5.41, 5.74) is 0.862. The summed E-state index contributed by atoms with van der Waals surface area (Å²) in [6.45, 7) is 0.903. The van der Waals surface area contributed by atoms with Crippen LogP contribution >= 0.6 is 0 Å². The molecule has 0 unspecified atom stereocenters. The minimum atomic E-state index is -0.110. The number of anilines is 2. The van der Waals surface area contributed by atoms with Gasteiger partial charge in [-0.2, -0.15) is 0 Å². The van der Waals surface area contributed by atoms with Gasteiger partial charge in [-0.05, 0) is 18.8 Å². The maximum absolute atomic E-state index is 9.36. The van der Waals surface area contributed by atoms with Crippen LogP contribution in [0.1, 0.15) is 12.8 Å². The lowest BCUT2D eigenvalue weighted by Crippen LogP contribution is -2.37. The zero-order chi connectivity index (χ0) is 13.4. The molecule has 1 fully saturated rings. The van der Waals surface area contributed by atoms with Crippen molar-refractivity contribution in [2.45, 2.75) is 18.9 Å². The maximum Gasteiger partial charge on any atom is 0.180 e. The second kappa shape index (κ2) is 4.70. The molecule has 2 N–H and O–H groups in total. The minimum Gasteiger partial charge on any atom is -0.393 e. The van der Waals surface area contributed by atoms with Crippen molar-refractivity contribution in [1.82, 2.24) is 14.4 Å². The van der Waals surface area contributed by atoms with E-state index in [0.29, 0.717) is 5.92 Å². The summed E-state index contributed by atoms with van der Waals surface area (Å²) in [6, 6.07) is 0. The molecule has 0 aromatic carbocycles. The number of hydrogen-bond acceptors (Lipinski definition) is 5. The molecule has 0 saturated heterocycles. The van der Waals surface area contributed by atoms with Gasteiger partial charge in [-0.1, -0.05) is 0 Å². The average Bonchev–Trinajstić information content (AvgIpc) is 2.83. The normalized spacial score (nSPS) is 22.3. The highest BCUT2D eigenvalue weighted by Gasteiger charge is 2.28. The van der Waals surface area contributed by atoms with Crippen LogP contribution in [0.15, 0.2) is 18.6 Å². The van der Waals surface area contributed by atoms with Crippen LogP contribution in [0.25, 0.3) is 5.65 Å². The number of rotatable bonds is 4. The van der Waals surface area contributed by atoms with Gasteiger partial charge in [-0.3, -0.25) is 0 Å². The molecule has 2 heterocycles. The van der Waals surface area contributed by atoms with Gasteiger partial charge in [-0.15, -0.1) is 0 Å². The lowest BCUT2D eigenvalue weighted by Gasteiger charge is -2.34. The summed E-state index contributed by atoms with van der Waals surface area (Å²) >= 11 is 0. The molecule has 3 rings (SSSR count). The van der Waals surface area contributed by atoms with E-state index in [0.717, 1.165) is 36.7 Å². The molecule has 2 aromatic rings. The van der Waals surface area contributed by atoms with E-state index in [1.54, 1.807) is 6.20 Å². The molecule has 0 bridgehead atoms. The number of fused-ring (bicyclic) bond motifs is 1. The van der Waals surface area contributed by atoms with E-state index >= 15 is 0 Å². The van der Waals surface area contributed by atoms with E-state index in [2.05, 4.69) is 20.2 Å². The Kier molecular flexibility index (Phi) is 3.02. The van der Waals surface area contributed by atoms with Crippen molar-refractivity contribution < 1.29 is 5.11 Å². The number of nitrogens with one attached hydrogen (secondary N) is 1. The number of aliphatic hydroxyl groups is 1. The summed E-state index contributed by atoms with van der Waals surface area (Å²) in [5, 5.41) is 12.4. The highest BCUT2D eigenvalue weighted by molar-refractivity contribution is 5.66. The van der Waals surface area contributed by atoms with Crippen LogP contribution in [0.2, 0.25) is 0 Å². The molecule has 0 spiro atoms. The smallest absolute Gasteiger partial charge is 0.180 e. The molecule has 2 aromatic heterocycles. The Labute approximate surface area is 112 Å². The first-order valence-corrected chi connectivity index (χ1v) is 6.58. The third-order valence-electron chi connectivity index (χ3n) is 3.72. The highest BCUT2D eigenvalue weighted by atomic mass is 16.3. The van der Waals surface area contributed by atoms with Crippen molar-refractivity contribution in [3.05, 3.63) is 18.6 Å². The van der Waals surface area contributed by atoms with Crippen molar-refractivity contribution in [3.8, 4) is 0 Å². The number of nitrogens with zero attached hydrogens (tertiary/aromatic N) is 4. The van der Waals surface area contributed by atoms with Gasteiger partial charge < -0.3 is 19.7 Å². The molecular weight excluding hydrogens is 242 g/mol. The maximum atomic E-state index is 9.36. The Balaban J connectivity index is 1.87. The van der Waals surface area contributed by atoms with E-state index in [9.17, 15) is 5.11 Å². The minimum absolute atomic E-state index is 0.110. The molecule has 1 saturated carbocycles. The summed E-state index contributed by atoms with van der Waals surface area (Å²) < 4.78 is 1.97. The van der Waals surface area contributed by atoms with Crippen LogP contribution in [-0.4, -0.2) is 46.2 Å². The van der Waals surface area contributed by atoms with Crippen LogP contribution in [0.4, 0.5) is 11.6 Å². The van der Waals surface area contributed by atoms with Crippen LogP contribution in [0.5, 0.6) is 0 Å². The quantitative estimate of drug-likeness (QED) is 0.859. The van der Waals surface area contributed by atoms with Crippen molar-refractivity contribution >= 4 is 17.3 Å². The largest absolute Gasteiger partial charge is 0.393 e. The molecule has 6 nitrogen and oxygen atoms in total. The van der Waals surface area contributed by atoms with Crippen LogP contribution in [0.3, 0.4) is 0 Å². The van der Waals surface area contributed by atoms with Crippen LogP contribution in [0, 0.1) is 5.92 Å². The van der Waals surface area contributed by atoms with Crippen molar-refractivity contribution in [1.29, 1.82) is 0 Å². The van der Waals surface area contributed by atoms with E-state index in [1.165, 1.54) is 0 Å². The van der Waals surface area contributed by atoms with Crippen LogP contribution < -0.4 is 10.2 Å². The predicted molar refractivity (Wildman–Crippen MR) is 74.5 cm³/mol. The number of imidazole rings is 1. The Morgan fingerprint density at radius 1 is 1.53 bits per heavy atom. The van der Waals surface area contributed by atoms with Crippen molar-refractivity contribution in [3.63, 3.8) is 0 Å². The Morgan fingerprint density at radius 3 is 3.00 bits per heavy atom. The standard InChI is InChI=1S/C13H19N5O/c1-14-11-8-18-4-3-15-12(18)13(16-11)17(2)7-9-5-10(19)6-9/h3-4,8-10,14,19H,5-7H2,1-2H3. The zero-order valence-electron chi connectivity index (χ0n) is 11.2. The highest BCUT2D eigenvalue weighted by Crippen LogP contribution is 2.29. The Bertz CT molecular complexity index is 575. The molecule has 0 aliphatic heterocycles. The third kappa shape index (κ3) is 2.23. The number of aromatic nitrogens is 3. The predicted octanol–water partition coefficient (Wildman–Crippen LogP) is 0.978. The second-order valence-corrected chi connectivity index (χ2v) is 5.23. The fraction of sp³-hybridized carbons (Fsp3) is 0.538. The molecule has 0 atom stereocenters. The SMILES string of the molecule is CNc1cn2ccnc2c(N(C)CC2CC(O)C2)n1. The average molecular weight is 261 g/mol. The lowest BCUT2D eigenvalue weighted by molar-refractivity contribution is 0.0464. The number of hydrogen-bond donors (Lipinski definition) is 2. The molecular formula is C13H19N5O. The van der Waals surface area contributed by atoms with Gasteiger partial charge in [0.05, 0.1) is 12.3 Å². The summed E-state index contributed by atoms with van der Waals surface area (Å²) in [5.74, 6) is 2.24. The summed E-state index contributed by atoms with van der Waals surface area (Å²) in [4.78, 5) is 11.1. The van der Waals surface area contributed by atoms with Gasteiger partial charge >= 0.3 is 0 Å². The van der Waals surface area contributed by atoms with Gasteiger partial charge in [0.15, 0.2) is 11.5 Å². The van der Waals surface area contributed by atoms with Crippen molar-refractivity contribution in [2.24, 2.45) is 5.92 Å². The summed E-state index contributed by atoms with van der Waals surface area (Å²) in [7, 11) is 3.89. The van der Waals surface area contributed by atoms with E-state index in [1.807, 2.05) is 30.9 Å². The van der Waals surface area contributed by atoms with E-state index in [4.69, 9.17) is 0 Å². The van der Waals surface area contributed by atoms with E-state index < -0.39 is 0 Å². The summed E-state index contributed by atoms with van der Waals surface area (Å²) in [6.07, 6.45) is 7.29. The molecule has 6 heteroatoms. The zero-order valence-corrected chi connectivity index (χ0v) is 11.2. The Hall–Kier alpha value is -1.82. The lowest BCUT2D eigenvalue weighted by atomic mass is 9.82. The molecule has 0 radical (unpaired) electrons. The third-order valence-corrected chi connectivity index (χ3v) is 3.72. The number of aliphatic hydroxyl groups excluding tert-OH is 1. The Morgan fingerprint density at radius 2 is 2.32 bits per heavy atom. The monoisotopic (exact) mass is 261 g/mol. The van der Waals surface area contributed by atoms with Crippen molar-refractivity contribution in [2.75, 3.05) is 30.9 Å². The van der Waals surface area contributed by atoms with Gasteiger partial charge in [0.2, 0.25) is 0 Å². The molecule has 19 heavy (non-hydrogen) atoms. The fourth-order valence-corrected chi connectivity index (χ4v) is 2.61. The molecule has 1 aliphatic rings. The first kappa shape index (κ1) is 12.2. The molecule has 1 aliphatic carbocycles. The van der Waals surface area contributed by atoms with Gasteiger partial charge in [0, 0.05) is 33.0 Å². The van der Waals surface area contributed by atoms with Gasteiger partial charge in [-0.25, -0.2) is 9.97 Å². The second-order valence-electron chi connectivity index (χ2n) is 5.23. The van der Waals surface area contributed by atoms with E-state index in [-0.39, 0.29) is 6.10 Å². The fourth-order valence-electron chi connectivity index (χ4n) is 2.61. The first-order chi connectivity index (χ1) is 9.17.